The van der Waals surface area contributed by atoms with Crippen LogP contribution in [0.3, 0.4) is 0 Å². The van der Waals surface area contributed by atoms with Gasteiger partial charge in [0.2, 0.25) is 0 Å². The highest BCUT2D eigenvalue weighted by Crippen LogP contribution is 2.36. The number of aliphatic imine (C=N–C) groups is 1. The van der Waals surface area contributed by atoms with Gasteiger partial charge in [0.25, 0.3) is 5.95 Å². The van der Waals surface area contributed by atoms with Crippen LogP contribution in [-0.4, -0.2) is 46.2 Å². The molecule has 0 unspecified atom stereocenters. The van der Waals surface area contributed by atoms with E-state index in [0.717, 1.165) is 72.9 Å². The Bertz CT molecular complexity index is 2110. The van der Waals surface area contributed by atoms with Crippen molar-refractivity contribution < 1.29 is 4.79 Å². The number of carbonyl (C=O) groups is 1. The zero-order valence-electron chi connectivity index (χ0n) is 25.7. The van der Waals surface area contributed by atoms with Crippen LogP contribution in [0.5, 0.6) is 0 Å². The zero-order valence-corrected chi connectivity index (χ0v) is 25.7. The number of amidine groups is 1. The highest BCUT2D eigenvalue weighted by molar-refractivity contribution is 6.02. The molecule has 9 nitrogen and oxygen atoms in total. The number of hydrogen-bond donors (Lipinski definition) is 3. The molecule has 0 amide bonds. The van der Waals surface area contributed by atoms with Crippen LogP contribution in [-0.2, 0) is 6.54 Å². The van der Waals surface area contributed by atoms with Crippen LogP contribution in [0.2, 0.25) is 0 Å². The molecule has 0 saturated heterocycles. The number of para-hydroxylation sites is 1. The molecule has 0 aliphatic heterocycles. The summed E-state index contributed by atoms with van der Waals surface area (Å²) in [5.41, 5.74) is 15.3. The molecular formula is C36H34N8O. The number of aryl methyl sites for hydroxylation is 1. The lowest BCUT2D eigenvalue weighted by atomic mass is 9.94. The number of nitrogens with zero attached hydrogens (tertiary/aromatic N) is 5. The Labute approximate surface area is 261 Å². The summed E-state index contributed by atoms with van der Waals surface area (Å²) >= 11 is 0. The Morgan fingerprint density at radius 3 is 2.73 bits per heavy atom. The molecule has 0 bridgehead atoms. The molecule has 0 spiro atoms. The molecule has 9 heteroatoms. The van der Waals surface area contributed by atoms with Gasteiger partial charge in [0.05, 0.1) is 16.9 Å². The number of allylic oxidation sites excluding steroid dienone is 1. The predicted molar refractivity (Wildman–Crippen MR) is 183 cm³/mol. The second-order valence-corrected chi connectivity index (χ2v) is 11.0. The number of anilines is 1. The summed E-state index contributed by atoms with van der Waals surface area (Å²) in [6.45, 7) is 4.41. The molecular weight excluding hydrogens is 560 g/mol. The van der Waals surface area contributed by atoms with Crippen molar-refractivity contribution in [3.8, 4) is 22.4 Å². The summed E-state index contributed by atoms with van der Waals surface area (Å²) < 4.78 is 0. The van der Waals surface area contributed by atoms with E-state index in [1.54, 1.807) is 18.5 Å². The summed E-state index contributed by atoms with van der Waals surface area (Å²) in [6.07, 6.45) is 10.1. The number of benzene rings is 3. The Morgan fingerprint density at radius 1 is 1.07 bits per heavy atom. The van der Waals surface area contributed by atoms with Crippen molar-refractivity contribution >= 4 is 45.4 Å². The number of carbonyl (C=O) groups excluding carboxylic acids is 1. The van der Waals surface area contributed by atoms with Gasteiger partial charge >= 0.3 is 0 Å². The summed E-state index contributed by atoms with van der Waals surface area (Å²) in [5.74, 6) is 0.605. The van der Waals surface area contributed by atoms with Crippen LogP contribution >= 0.6 is 0 Å². The topological polar surface area (TPSA) is 125 Å². The van der Waals surface area contributed by atoms with E-state index in [9.17, 15) is 4.79 Å². The van der Waals surface area contributed by atoms with E-state index >= 15 is 0 Å². The molecule has 3 aromatic heterocycles. The summed E-state index contributed by atoms with van der Waals surface area (Å²) in [6, 6.07) is 20.4. The minimum atomic E-state index is 0.290. The number of aldehydes is 1. The van der Waals surface area contributed by atoms with Crippen molar-refractivity contribution in [3.63, 3.8) is 0 Å². The van der Waals surface area contributed by atoms with Gasteiger partial charge in [0, 0.05) is 73.0 Å². The SMILES string of the molecule is CN/C(C)=C\C(N)=N/c1ncc(C)c(-c2c[nH]c3c(N(C)Cc4c(C=O)cccc4-c4ccc5ccncc5c4)cccc23)n1. The highest BCUT2D eigenvalue weighted by Gasteiger charge is 2.18. The van der Waals surface area contributed by atoms with E-state index in [0.29, 0.717) is 23.9 Å². The molecule has 0 atom stereocenters. The number of nitrogens with one attached hydrogen (secondary N) is 2. The Balaban J connectivity index is 1.37. The van der Waals surface area contributed by atoms with Crippen LogP contribution in [0.4, 0.5) is 11.6 Å². The molecule has 4 N–H and O–H groups in total. The quantitative estimate of drug-likeness (QED) is 0.0965. The van der Waals surface area contributed by atoms with E-state index in [1.807, 2.05) is 64.6 Å². The van der Waals surface area contributed by atoms with Gasteiger partial charge in [-0.3, -0.25) is 9.78 Å². The van der Waals surface area contributed by atoms with Crippen LogP contribution in [0.15, 0.2) is 102 Å². The molecule has 224 valence electrons. The maximum absolute atomic E-state index is 12.2. The minimum Gasteiger partial charge on any atom is -0.392 e. The van der Waals surface area contributed by atoms with Crippen LogP contribution in [0.1, 0.15) is 28.4 Å². The number of rotatable bonds is 9. The van der Waals surface area contributed by atoms with Crippen molar-refractivity contribution in [2.24, 2.45) is 10.7 Å². The average molecular weight is 595 g/mol. The third-order valence-corrected chi connectivity index (χ3v) is 7.99. The maximum atomic E-state index is 12.2. The van der Waals surface area contributed by atoms with E-state index < -0.39 is 0 Å². The zero-order chi connectivity index (χ0) is 31.5. The van der Waals surface area contributed by atoms with E-state index in [1.165, 1.54) is 0 Å². The number of aromatic amines is 1. The monoisotopic (exact) mass is 594 g/mol. The lowest BCUT2D eigenvalue weighted by Gasteiger charge is -2.23. The number of pyridine rings is 1. The second kappa shape index (κ2) is 12.4. The molecule has 0 fully saturated rings. The fraction of sp³-hybridized carbons (Fsp3) is 0.139. The first kappa shape index (κ1) is 29.3. The number of H-pyrrole nitrogens is 1. The minimum absolute atomic E-state index is 0.290. The van der Waals surface area contributed by atoms with Gasteiger partial charge in [-0.25, -0.2) is 9.97 Å². The molecule has 3 heterocycles. The second-order valence-electron chi connectivity index (χ2n) is 11.0. The van der Waals surface area contributed by atoms with Crippen LogP contribution < -0.4 is 16.0 Å². The van der Waals surface area contributed by atoms with Crippen LogP contribution in [0.25, 0.3) is 44.1 Å². The molecule has 6 aromatic rings. The molecule has 0 aliphatic rings. The number of aromatic nitrogens is 4. The van der Waals surface area contributed by atoms with Crippen molar-refractivity contribution in [3.05, 3.63) is 114 Å². The summed E-state index contributed by atoms with van der Waals surface area (Å²) in [4.78, 5) is 35.7. The lowest BCUT2D eigenvalue weighted by Crippen LogP contribution is -2.18. The highest BCUT2D eigenvalue weighted by atomic mass is 16.1. The summed E-state index contributed by atoms with van der Waals surface area (Å²) in [7, 11) is 3.86. The van der Waals surface area contributed by atoms with Crippen molar-refractivity contribution in [1.29, 1.82) is 0 Å². The average Bonchev–Trinajstić information content (AvgIpc) is 3.49. The smallest absolute Gasteiger partial charge is 0.251 e. The van der Waals surface area contributed by atoms with Crippen molar-refractivity contribution in [1.82, 2.24) is 25.3 Å². The lowest BCUT2D eigenvalue weighted by molar-refractivity contribution is 0.112. The van der Waals surface area contributed by atoms with Crippen LogP contribution in [0, 0.1) is 6.92 Å². The molecule has 6 rings (SSSR count). The normalized spacial score (nSPS) is 12.1. The van der Waals surface area contributed by atoms with E-state index in [2.05, 4.69) is 66.6 Å². The Morgan fingerprint density at radius 2 is 1.91 bits per heavy atom. The maximum Gasteiger partial charge on any atom is 0.251 e. The number of nitrogens with two attached hydrogens (primary N) is 1. The fourth-order valence-corrected chi connectivity index (χ4v) is 5.59. The van der Waals surface area contributed by atoms with Crippen molar-refractivity contribution in [2.75, 3.05) is 19.0 Å². The fourth-order valence-electron chi connectivity index (χ4n) is 5.59. The van der Waals surface area contributed by atoms with Gasteiger partial charge in [0.1, 0.15) is 12.1 Å². The Hall–Kier alpha value is -5.83. The Kier molecular flexibility index (Phi) is 8.07. The molecule has 0 saturated carbocycles. The van der Waals surface area contributed by atoms with Gasteiger partial charge in [-0.15, -0.1) is 0 Å². The molecule has 45 heavy (non-hydrogen) atoms. The van der Waals surface area contributed by atoms with Gasteiger partial charge in [-0.05, 0) is 65.8 Å². The third kappa shape index (κ3) is 5.88. The predicted octanol–water partition coefficient (Wildman–Crippen LogP) is 6.71. The first-order valence-electron chi connectivity index (χ1n) is 14.6. The number of hydrogen-bond acceptors (Lipinski definition) is 7. The third-order valence-electron chi connectivity index (χ3n) is 7.99. The molecule has 0 aliphatic carbocycles. The summed E-state index contributed by atoms with van der Waals surface area (Å²) in [5, 5.41) is 6.22. The van der Waals surface area contributed by atoms with Gasteiger partial charge in [0.15, 0.2) is 0 Å². The first-order valence-corrected chi connectivity index (χ1v) is 14.6. The molecule has 0 radical (unpaired) electrons. The van der Waals surface area contributed by atoms with E-state index in [-0.39, 0.29) is 0 Å². The van der Waals surface area contributed by atoms with Crippen molar-refractivity contribution in [2.45, 2.75) is 20.4 Å². The van der Waals surface area contributed by atoms with Gasteiger partial charge < -0.3 is 20.9 Å². The van der Waals surface area contributed by atoms with Gasteiger partial charge in [-0.2, -0.15) is 4.99 Å². The largest absolute Gasteiger partial charge is 0.392 e. The number of fused-ring (bicyclic) bond motifs is 2. The van der Waals surface area contributed by atoms with Gasteiger partial charge in [-0.1, -0.05) is 42.5 Å². The first-order chi connectivity index (χ1) is 21.9. The standard InChI is InChI=1S/C36H34N8O/c1-22-17-41-36(42-33(37)15-23(2)38-3)43-34(22)30-19-40-35-29(30)9-6-10-32(35)44(4)20-31-26(21-45)7-5-8-28(31)25-12-11-24-13-14-39-18-27(24)16-25/h5-19,21,38,40H,20H2,1-4H3,(H2,37,41,42,43)/b23-15-. The van der Waals surface area contributed by atoms with E-state index in [4.69, 9.17) is 10.7 Å². The molecule has 3 aromatic carbocycles.